The van der Waals surface area contributed by atoms with E-state index < -0.39 is 0 Å². The molecule has 35 heavy (non-hydrogen) atoms. The van der Waals surface area contributed by atoms with Gasteiger partial charge in [-0.2, -0.15) is 5.10 Å². The van der Waals surface area contributed by atoms with Gasteiger partial charge in [-0.3, -0.25) is 14.4 Å². The van der Waals surface area contributed by atoms with Gasteiger partial charge in [-0.05, 0) is 54.2 Å². The first-order chi connectivity index (χ1) is 17.1. The smallest absolute Gasteiger partial charge is 0.252 e. The van der Waals surface area contributed by atoms with Gasteiger partial charge < -0.3 is 5.32 Å². The number of hydrogen-bond acceptors (Lipinski definition) is 3. The molecule has 2 heterocycles. The van der Waals surface area contributed by atoms with E-state index in [9.17, 15) is 4.79 Å². The van der Waals surface area contributed by atoms with E-state index in [0.717, 1.165) is 55.7 Å². The number of likely N-dealkylation sites (tertiary alicyclic amines) is 1. The minimum atomic E-state index is 0.0124. The lowest BCUT2D eigenvalue weighted by molar-refractivity contribution is 0.0909. The highest BCUT2D eigenvalue weighted by Gasteiger charge is 2.22. The molecule has 1 aliphatic rings. The zero-order chi connectivity index (χ0) is 24.0. The number of carbonyl (C=O) groups excluding carboxylic acids is 1. The molecule has 1 fully saturated rings. The Morgan fingerprint density at radius 2 is 1.71 bits per heavy atom. The molecule has 1 aromatic heterocycles. The highest BCUT2D eigenvalue weighted by atomic mass is 16.1. The number of aryl methyl sites for hydroxylation is 1. The van der Waals surface area contributed by atoms with Gasteiger partial charge in [-0.1, -0.05) is 72.3 Å². The van der Waals surface area contributed by atoms with Gasteiger partial charge in [0.1, 0.15) is 0 Å². The van der Waals surface area contributed by atoms with E-state index in [-0.39, 0.29) is 11.9 Å². The van der Waals surface area contributed by atoms with E-state index in [4.69, 9.17) is 0 Å². The molecule has 1 aliphatic heterocycles. The molecule has 3 aromatic carbocycles. The SMILES string of the molecule is Cc1cccc(CN2CCC(NC(=O)c3ccccc3-c3ccc(Cn4cccn4)cc3)CC2)c1. The second kappa shape index (κ2) is 10.7. The van der Waals surface area contributed by atoms with Crippen LogP contribution in [0.15, 0.2) is 91.3 Å². The molecule has 0 aliphatic carbocycles. The summed E-state index contributed by atoms with van der Waals surface area (Å²) in [4.78, 5) is 15.7. The number of piperidine rings is 1. The molecular weight excluding hydrogens is 432 g/mol. The van der Waals surface area contributed by atoms with E-state index in [1.165, 1.54) is 16.7 Å². The topological polar surface area (TPSA) is 50.2 Å². The summed E-state index contributed by atoms with van der Waals surface area (Å²) in [5.41, 5.74) is 6.58. The Bertz CT molecular complexity index is 1260. The predicted molar refractivity (Wildman–Crippen MR) is 140 cm³/mol. The maximum Gasteiger partial charge on any atom is 0.252 e. The van der Waals surface area contributed by atoms with Crippen molar-refractivity contribution < 1.29 is 4.79 Å². The van der Waals surface area contributed by atoms with Crippen LogP contribution in [0.1, 0.15) is 39.9 Å². The predicted octanol–water partition coefficient (Wildman–Crippen LogP) is 5.30. The Morgan fingerprint density at radius 1 is 0.914 bits per heavy atom. The van der Waals surface area contributed by atoms with Crippen molar-refractivity contribution in [1.29, 1.82) is 0 Å². The Labute approximate surface area is 207 Å². The second-order valence-electron chi connectivity index (χ2n) is 9.46. The minimum Gasteiger partial charge on any atom is -0.349 e. The van der Waals surface area contributed by atoms with Gasteiger partial charge in [0, 0.05) is 43.6 Å². The molecule has 5 heteroatoms. The van der Waals surface area contributed by atoms with Crippen LogP contribution in [0.25, 0.3) is 11.1 Å². The molecule has 4 aromatic rings. The third-order valence-corrected chi connectivity index (χ3v) is 6.75. The molecule has 0 unspecified atom stereocenters. The van der Waals surface area contributed by atoms with Crippen molar-refractivity contribution in [2.24, 2.45) is 0 Å². The standard InChI is InChI=1S/C30H32N4O/c1-23-6-4-7-25(20-23)21-33-18-14-27(15-19-33)32-30(35)29-9-3-2-8-28(29)26-12-10-24(11-13-26)22-34-17-5-16-31-34/h2-13,16-17,20,27H,14-15,18-19,21-22H2,1H3,(H,32,35). The molecule has 5 rings (SSSR count). The van der Waals surface area contributed by atoms with Gasteiger partial charge in [-0.25, -0.2) is 0 Å². The molecule has 0 radical (unpaired) electrons. The van der Waals surface area contributed by atoms with Crippen LogP contribution in [-0.2, 0) is 13.1 Å². The van der Waals surface area contributed by atoms with Crippen LogP contribution in [0.3, 0.4) is 0 Å². The lowest BCUT2D eigenvalue weighted by Gasteiger charge is -2.32. The average molecular weight is 465 g/mol. The number of hydrogen-bond donors (Lipinski definition) is 1. The molecule has 0 bridgehead atoms. The summed E-state index contributed by atoms with van der Waals surface area (Å²) in [7, 11) is 0. The maximum absolute atomic E-state index is 13.3. The molecule has 0 atom stereocenters. The number of nitrogens with zero attached hydrogens (tertiary/aromatic N) is 3. The normalized spacial score (nSPS) is 14.7. The average Bonchev–Trinajstić information content (AvgIpc) is 3.39. The summed E-state index contributed by atoms with van der Waals surface area (Å²) < 4.78 is 1.91. The van der Waals surface area contributed by atoms with E-state index in [2.05, 4.69) is 70.8 Å². The second-order valence-corrected chi connectivity index (χ2v) is 9.46. The first kappa shape index (κ1) is 23.1. The highest BCUT2D eigenvalue weighted by Crippen LogP contribution is 2.25. The molecule has 1 amide bonds. The molecular formula is C30H32N4O. The van der Waals surface area contributed by atoms with Crippen molar-refractivity contribution in [2.45, 2.75) is 38.9 Å². The fourth-order valence-corrected chi connectivity index (χ4v) is 4.87. The first-order valence-corrected chi connectivity index (χ1v) is 12.4. The van der Waals surface area contributed by atoms with Crippen LogP contribution in [-0.4, -0.2) is 39.7 Å². The van der Waals surface area contributed by atoms with Crippen molar-refractivity contribution in [3.8, 4) is 11.1 Å². The van der Waals surface area contributed by atoms with E-state index in [1.54, 1.807) is 6.20 Å². The van der Waals surface area contributed by atoms with Gasteiger partial charge in [0.2, 0.25) is 0 Å². The molecule has 0 spiro atoms. The zero-order valence-corrected chi connectivity index (χ0v) is 20.2. The largest absolute Gasteiger partial charge is 0.349 e. The maximum atomic E-state index is 13.3. The monoisotopic (exact) mass is 464 g/mol. The number of benzene rings is 3. The summed E-state index contributed by atoms with van der Waals surface area (Å²) in [6, 6.07) is 27.1. The molecule has 5 nitrogen and oxygen atoms in total. The van der Waals surface area contributed by atoms with Gasteiger partial charge in [0.05, 0.1) is 6.54 Å². The van der Waals surface area contributed by atoms with Crippen LogP contribution >= 0.6 is 0 Å². The number of amides is 1. The number of rotatable bonds is 7. The Morgan fingerprint density at radius 3 is 2.46 bits per heavy atom. The number of carbonyl (C=O) groups is 1. The van der Waals surface area contributed by atoms with Gasteiger partial charge >= 0.3 is 0 Å². The summed E-state index contributed by atoms with van der Waals surface area (Å²) in [5, 5.41) is 7.58. The van der Waals surface area contributed by atoms with Gasteiger partial charge in [0.25, 0.3) is 5.91 Å². The first-order valence-electron chi connectivity index (χ1n) is 12.4. The Hall–Kier alpha value is -3.70. The fourth-order valence-electron chi connectivity index (χ4n) is 4.87. The van der Waals surface area contributed by atoms with E-state index >= 15 is 0 Å². The summed E-state index contributed by atoms with van der Waals surface area (Å²) in [6.07, 6.45) is 5.70. The van der Waals surface area contributed by atoms with Crippen molar-refractivity contribution in [1.82, 2.24) is 20.0 Å². The van der Waals surface area contributed by atoms with Crippen LogP contribution in [0, 0.1) is 6.92 Å². The van der Waals surface area contributed by atoms with Crippen molar-refractivity contribution in [2.75, 3.05) is 13.1 Å². The molecule has 178 valence electrons. The van der Waals surface area contributed by atoms with Crippen molar-refractivity contribution in [3.63, 3.8) is 0 Å². The number of nitrogens with one attached hydrogen (secondary N) is 1. The summed E-state index contributed by atoms with van der Waals surface area (Å²) in [5.74, 6) is 0.0124. The van der Waals surface area contributed by atoms with Gasteiger partial charge in [-0.15, -0.1) is 0 Å². The summed E-state index contributed by atoms with van der Waals surface area (Å²) >= 11 is 0. The molecule has 1 N–H and O–H groups in total. The van der Waals surface area contributed by atoms with Crippen LogP contribution < -0.4 is 5.32 Å². The Kier molecular flexibility index (Phi) is 7.05. The van der Waals surface area contributed by atoms with E-state index in [0.29, 0.717) is 0 Å². The van der Waals surface area contributed by atoms with Crippen LogP contribution in [0.4, 0.5) is 0 Å². The summed E-state index contributed by atoms with van der Waals surface area (Å²) in [6.45, 7) is 5.84. The van der Waals surface area contributed by atoms with Crippen molar-refractivity contribution >= 4 is 5.91 Å². The third kappa shape index (κ3) is 5.87. The van der Waals surface area contributed by atoms with Crippen LogP contribution in [0.2, 0.25) is 0 Å². The van der Waals surface area contributed by atoms with Crippen LogP contribution in [0.5, 0.6) is 0 Å². The third-order valence-electron chi connectivity index (χ3n) is 6.75. The van der Waals surface area contributed by atoms with Gasteiger partial charge in [0.15, 0.2) is 0 Å². The Balaban J connectivity index is 1.20. The lowest BCUT2D eigenvalue weighted by atomic mass is 9.97. The molecule has 1 saturated heterocycles. The molecule has 0 saturated carbocycles. The zero-order valence-electron chi connectivity index (χ0n) is 20.2. The van der Waals surface area contributed by atoms with Crippen molar-refractivity contribution in [3.05, 3.63) is 114 Å². The number of aromatic nitrogens is 2. The minimum absolute atomic E-state index is 0.0124. The highest BCUT2D eigenvalue weighted by molar-refractivity contribution is 6.01. The quantitative estimate of drug-likeness (QED) is 0.404. The van der Waals surface area contributed by atoms with E-state index in [1.807, 2.05) is 41.2 Å². The fraction of sp³-hybridized carbons (Fsp3) is 0.267. The lowest BCUT2D eigenvalue weighted by Crippen LogP contribution is -2.44.